The van der Waals surface area contributed by atoms with Crippen molar-refractivity contribution >= 4 is 17.5 Å². The Labute approximate surface area is 280 Å². The van der Waals surface area contributed by atoms with E-state index in [-0.39, 0.29) is 48.8 Å². The lowest BCUT2D eigenvalue weighted by atomic mass is 9.95. The maximum absolute atomic E-state index is 13.9. The third-order valence-electron chi connectivity index (χ3n) is 8.74. The molecule has 1 aliphatic carbocycles. The molecule has 2 aliphatic rings. The van der Waals surface area contributed by atoms with Crippen molar-refractivity contribution in [2.24, 2.45) is 5.92 Å². The van der Waals surface area contributed by atoms with Crippen molar-refractivity contribution in [1.29, 1.82) is 0 Å². The number of fused-ring (bicyclic) bond motifs is 4. The third-order valence-corrected chi connectivity index (χ3v) is 8.74. The number of benzene rings is 2. The van der Waals surface area contributed by atoms with Crippen LogP contribution in [0.25, 0.3) is 11.1 Å². The molecule has 0 spiro atoms. The van der Waals surface area contributed by atoms with E-state index in [0.717, 1.165) is 11.1 Å². The second-order valence-corrected chi connectivity index (χ2v) is 11.8. The van der Waals surface area contributed by atoms with Crippen LogP contribution in [0.3, 0.4) is 0 Å². The van der Waals surface area contributed by atoms with Crippen molar-refractivity contribution in [3.63, 3.8) is 0 Å². The molecule has 12 heteroatoms. The molecule has 256 valence electrons. The van der Waals surface area contributed by atoms with Gasteiger partial charge >= 0.3 is 0 Å². The summed E-state index contributed by atoms with van der Waals surface area (Å²) in [7, 11) is 4.65. The summed E-state index contributed by atoms with van der Waals surface area (Å²) in [5.74, 6) is 2.70. The van der Waals surface area contributed by atoms with Gasteiger partial charge in [-0.05, 0) is 65.8 Å². The summed E-state index contributed by atoms with van der Waals surface area (Å²) in [6.07, 6.45) is 1.82. The Hall–Kier alpha value is -5.13. The van der Waals surface area contributed by atoms with Gasteiger partial charge in [0.1, 0.15) is 18.4 Å². The highest BCUT2D eigenvalue weighted by Crippen LogP contribution is 2.50. The third kappa shape index (κ3) is 7.22. The van der Waals surface area contributed by atoms with Gasteiger partial charge in [0, 0.05) is 18.6 Å². The maximum atomic E-state index is 13.9. The number of rotatable bonds is 13. The van der Waals surface area contributed by atoms with Crippen LogP contribution in [0.5, 0.6) is 34.5 Å². The molecule has 0 fully saturated rings. The SMILES string of the molecule is CC[C@H](C)[C@@H](Nc1ccc2c(cc1=O)[C@H](NC(C)=O)CCc1cc(OC)c(OC)c(OC)c1-2)C(=O)NCCOc1ccc2c(c1)OCO2. The summed E-state index contributed by atoms with van der Waals surface area (Å²) in [5, 5.41) is 9.19. The summed E-state index contributed by atoms with van der Waals surface area (Å²) in [6, 6.07) is 11.1. The number of carbonyl (C=O) groups excluding carboxylic acids is 2. The van der Waals surface area contributed by atoms with Gasteiger partial charge in [0.2, 0.25) is 29.8 Å². The van der Waals surface area contributed by atoms with Gasteiger partial charge in [0.15, 0.2) is 23.0 Å². The molecule has 3 N–H and O–H groups in total. The first-order chi connectivity index (χ1) is 23.2. The number of anilines is 1. The van der Waals surface area contributed by atoms with Gasteiger partial charge in [-0.3, -0.25) is 14.4 Å². The highest BCUT2D eigenvalue weighted by molar-refractivity contribution is 5.86. The van der Waals surface area contributed by atoms with Crippen LogP contribution < -0.4 is 49.8 Å². The monoisotopic (exact) mass is 661 g/mol. The molecule has 3 aromatic rings. The predicted molar refractivity (Wildman–Crippen MR) is 181 cm³/mol. The standard InChI is InChI=1S/C36H43N3O9/c1-7-20(2)33(36(42)37-14-15-46-23-9-13-29-30(17-23)48-19-47-29)39-27-12-10-24-25(18-28(27)41)26(38-21(3)40)11-8-22-16-31(43-4)34(44-5)35(45-6)32(22)24/h9-10,12-13,16-18,20,26,33H,7-8,11,14-15,19H2,1-6H3,(H,37,42)(H,38,40)(H,39,41)/t20-,26+,33+/m0/s1. The molecule has 48 heavy (non-hydrogen) atoms. The summed E-state index contributed by atoms with van der Waals surface area (Å²) in [4.78, 5) is 39.7. The van der Waals surface area contributed by atoms with Crippen molar-refractivity contribution in [2.45, 2.75) is 52.1 Å². The molecule has 0 unspecified atom stereocenters. The fourth-order valence-corrected chi connectivity index (χ4v) is 6.12. The first-order valence-corrected chi connectivity index (χ1v) is 16.0. The first-order valence-electron chi connectivity index (χ1n) is 16.0. The van der Waals surface area contributed by atoms with E-state index in [4.69, 9.17) is 28.4 Å². The van der Waals surface area contributed by atoms with Gasteiger partial charge in [-0.25, -0.2) is 0 Å². The number of methoxy groups -OCH3 is 3. The Bertz CT molecular complexity index is 1730. The van der Waals surface area contributed by atoms with E-state index in [1.54, 1.807) is 38.5 Å². The van der Waals surface area contributed by atoms with Crippen molar-refractivity contribution in [3.8, 4) is 45.6 Å². The summed E-state index contributed by atoms with van der Waals surface area (Å²) in [5.41, 5.74) is 2.95. The van der Waals surface area contributed by atoms with Crippen molar-refractivity contribution in [3.05, 3.63) is 63.8 Å². The van der Waals surface area contributed by atoms with E-state index >= 15 is 0 Å². The Balaban J connectivity index is 1.44. The minimum Gasteiger partial charge on any atom is -0.493 e. The summed E-state index contributed by atoms with van der Waals surface area (Å²) < 4.78 is 33.7. The predicted octanol–water partition coefficient (Wildman–Crippen LogP) is 4.61. The second kappa shape index (κ2) is 15.2. The van der Waals surface area contributed by atoms with Crippen LogP contribution in [-0.4, -0.2) is 59.1 Å². The van der Waals surface area contributed by atoms with Crippen LogP contribution in [0.15, 0.2) is 47.3 Å². The second-order valence-electron chi connectivity index (χ2n) is 11.8. The quantitative estimate of drug-likeness (QED) is 0.222. The molecule has 3 aromatic carbocycles. The molecule has 5 rings (SSSR count). The number of nitrogens with one attached hydrogen (secondary N) is 3. The molecular formula is C36H43N3O9. The van der Waals surface area contributed by atoms with Gasteiger partial charge < -0.3 is 44.4 Å². The van der Waals surface area contributed by atoms with Crippen LogP contribution >= 0.6 is 0 Å². The lowest BCUT2D eigenvalue weighted by Crippen LogP contribution is -2.45. The van der Waals surface area contributed by atoms with Gasteiger partial charge in [-0.2, -0.15) is 0 Å². The van der Waals surface area contributed by atoms with E-state index in [1.165, 1.54) is 20.1 Å². The Kier molecular flexibility index (Phi) is 10.8. The molecule has 1 heterocycles. The topological polar surface area (TPSA) is 143 Å². The van der Waals surface area contributed by atoms with Gasteiger partial charge in [0.25, 0.3) is 0 Å². The van der Waals surface area contributed by atoms with Gasteiger partial charge in [-0.15, -0.1) is 0 Å². The first kappa shape index (κ1) is 34.2. The number of aryl methyl sites for hydroxylation is 1. The number of ether oxygens (including phenoxy) is 6. The molecule has 3 atom stereocenters. The van der Waals surface area contributed by atoms with Crippen LogP contribution in [0.4, 0.5) is 5.69 Å². The molecule has 0 radical (unpaired) electrons. The van der Waals surface area contributed by atoms with Gasteiger partial charge in [-0.1, -0.05) is 26.3 Å². The zero-order valence-corrected chi connectivity index (χ0v) is 28.2. The molecule has 0 saturated heterocycles. The molecule has 2 amide bonds. The maximum Gasteiger partial charge on any atom is 0.242 e. The van der Waals surface area contributed by atoms with Crippen LogP contribution in [0.2, 0.25) is 0 Å². The Morgan fingerprint density at radius 3 is 2.46 bits per heavy atom. The molecule has 12 nitrogen and oxygen atoms in total. The summed E-state index contributed by atoms with van der Waals surface area (Å²) >= 11 is 0. The van der Waals surface area contributed by atoms with E-state index in [2.05, 4.69) is 16.0 Å². The smallest absolute Gasteiger partial charge is 0.242 e. The molecular weight excluding hydrogens is 618 g/mol. The van der Waals surface area contributed by atoms with Gasteiger partial charge in [0.05, 0.1) is 39.6 Å². The average molecular weight is 662 g/mol. The lowest BCUT2D eigenvalue weighted by Gasteiger charge is -2.24. The van der Waals surface area contributed by atoms with Crippen molar-refractivity contribution in [2.75, 3.05) is 46.6 Å². The molecule has 0 saturated carbocycles. The molecule has 0 aromatic heterocycles. The van der Waals surface area contributed by atoms with E-state index in [9.17, 15) is 14.4 Å². The number of amides is 2. The highest BCUT2D eigenvalue weighted by Gasteiger charge is 2.30. The fraction of sp³-hybridized carbons (Fsp3) is 0.417. The van der Waals surface area contributed by atoms with E-state index in [1.807, 2.05) is 26.0 Å². The lowest BCUT2D eigenvalue weighted by molar-refractivity contribution is -0.123. The Morgan fingerprint density at radius 2 is 1.75 bits per heavy atom. The molecule has 1 aliphatic heterocycles. The highest BCUT2D eigenvalue weighted by atomic mass is 16.7. The number of hydrogen-bond acceptors (Lipinski definition) is 10. The fourth-order valence-electron chi connectivity index (χ4n) is 6.12. The zero-order chi connectivity index (χ0) is 34.4. The van der Waals surface area contributed by atoms with Crippen LogP contribution in [0.1, 0.15) is 50.8 Å². The number of carbonyl (C=O) groups is 2. The molecule has 0 bridgehead atoms. The van der Waals surface area contributed by atoms with Crippen LogP contribution in [0, 0.1) is 5.92 Å². The van der Waals surface area contributed by atoms with Crippen LogP contribution in [-0.2, 0) is 16.0 Å². The van der Waals surface area contributed by atoms with E-state index < -0.39 is 12.1 Å². The number of hydrogen-bond donors (Lipinski definition) is 3. The minimum absolute atomic E-state index is 0.104. The zero-order valence-electron chi connectivity index (χ0n) is 28.2. The minimum atomic E-state index is -0.701. The van der Waals surface area contributed by atoms with Crippen molar-refractivity contribution < 1.29 is 38.0 Å². The Morgan fingerprint density at radius 1 is 0.979 bits per heavy atom. The van der Waals surface area contributed by atoms with E-state index in [0.29, 0.717) is 64.9 Å². The largest absolute Gasteiger partial charge is 0.493 e. The normalized spacial score (nSPS) is 15.5. The van der Waals surface area contributed by atoms with Crippen molar-refractivity contribution in [1.82, 2.24) is 10.6 Å². The summed E-state index contributed by atoms with van der Waals surface area (Å²) in [6.45, 7) is 6.06. The average Bonchev–Trinajstić information content (AvgIpc) is 3.43.